The van der Waals surface area contributed by atoms with E-state index in [-0.39, 0.29) is 11.1 Å². The second-order valence-electron chi connectivity index (χ2n) is 2.71. The number of aromatic hydroxyl groups is 1. The van der Waals surface area contributed by atoms with Crippen LogP contribution in [0, 0.1) is 0 Å². The van der Waals surface area contributed by atoms with E-state index in [0.29, 0.717) is 12.2 Å². The molecule has 0 saturated heterocycles. The highest BCUT2D eigenvalue weighted by Gasteiger charge is 2.31. The van der Waals surface area contributed by atoms with Gasteiger partial charge in [0.1, 0.15) is 5.75 Å². The van der Waals surface area contributed by atoms with Crippen LogP contribution in [0.3, 0.4) is 0 Å². The van der Waals surface area contributed by atoms with E-state index in [1.807, 2.05) is 0 Å². The average Bonchev–Trinajstić information content (AvgIpc) is 2.18. The summed E-state index contributed by atoms with van der Waals surface area (Å²) in [5, 5.41) is 9.15. The van der Waals surface area contributed by atoms with Crippen LogP contribution in [-0.2, 0) is 9.09 Å². The topological polar surface area (TPSA) is 46.5 Å². The van der Waals surface area contributed by atoms with E-state index in [2.05, 4.69) is 9.24 Å². The predicted molar refractivity (Wildman–Crippen MR) is 59.8 cm³/mol. The third kappa shape index (κ3) is 2.75. The van der Waals surface area contributed by atoms with Crippen molar-refractivity contribution >= 4 is 17.3 Å². The molecule has 0 spiro atoms. The molecule has 5 heteroatoms. The molecule has 0 aliphatic carbocycles. The van der Waals surface area contributed by atoms with Gasteiger partial charge in [-0.2, -0.15) is 0 Å². The van der Waals surface area contributed by atoms with Crippen LogP contribution >= 0.6 is 17.3 Å². The molecule has 14 heavy (non-hydrogen) atoms. The molecule has 0 bridgehead atoms. The summed E-state index contributed by atoms with van der Waals surface area (Å²) >= 11 is 0. The number of phenols is 1. The quantitative estimate of drug-likeness (QED) is 0.810. The zero-order valence-corrected chi connectivity index (χ0v) is 9.93. The molecule has 3 nitrogen and oxygen atoms in total. The first-order valence-electron chi connectivity index (χ1n) is 4.29. The Balaban J connectivity index is 2.84. The minimum Gasteiger partial charge on any atom is -0.507 e. The largest absolute Gasteiger partial charge is 0.520 e. The van der Waals surface area contributed by atoms with E-state index in [1.54, 1.807) is 31.2 Å². The number of para-hydroxylation sites is 1. The van der Waals surface area contributed by atoms with E-state index < -0.39 is 8.03 Å². The van der Waals surface area contributed by atoms with Crippen molar-refractivity contribution in [1.29, 1.82) is 0 Å². The van der Waals surface area contributed by atoms with E-state index in [1.165, 1.54) is 0 Å². The molecule has 76 valence electrons. The van der Waals surface area contributed by atoms with Crippen LogP contribution in [0.5, 0.6) is 5.75 Å². The van der Waals surface area contributed by atoms with Crippen LogP contribution in [0.15, 0.2) is 24.3 Å². The Hall–Kier alpha value is -0.490. The SMILES string of the molecule is CCO[P+](=O)[C@@H](P)c1ccccc1O. The molecule has 0 aliphatic heterocycles. The maximum atomic E-state index is 11.5. The Morgan fingerprint density at radius 3 is 2.79 bits per heavy atom. The van der Waals surface area contributed by atoms with Gasteiger partial charge in [-0.15, -0.1) is 4.52 Å². The van der Waals surface area contributed by atoms with Crippen molar-refractivity contribution in [2.24, 2.45) is 0 Å². The first-order valence-corrected chi connectivity index (χ1v) is 6.21. The van der Waals surface area contributed by atoms with Gasteiger partial charge in [0.15, 0.2) is 0 Å². The average molecular weight is 231 g/mol. The van der Waals surface area contributed by atoms with Gasteiger partial charge < -0.3 is 5.11 Å². The highest BCUT2D eigenvalue weighted by molar-refractivity contribution is 7.50. The van der Waals surface area contributed by atoms with Crippen LogP contribution in [0.2, 0.25) is 0 Å². The van der Waals surface area contributed by atoms with Crippen molar-refractivity contribution in [3.8, 4) is 5.75 Å². The summed E-state index contributed by atoms with van der Waals surface area (Å²) in [7, 11) is 0.646. The second-order valence-corrected chi connectivity index (χ2v) is 5.32. The van der Waals surface area contributed by atoms with Crippen molar-refractivity contribution in [2.75, 3.05) is 6.61 Å². The van der Waals surface area contributed by atoms with E-state index in [4.69, 9.17) is 4.52 Å². The van der Waals surface area contributed by atoms with E-state index in [0.717, 1.165) is 0 Å². The van der Waals surface area contributed by atoms with Gasteiger partial charge in [0.25, 0.3) is 0 Å². The molecule has 1 aromatic carbocycles. The van der Waals surface area contributed by atoms with Crippen molar-refractivity contribution in [3.63, 3.8) is 0 Å². The molecule has 0 heterocycles. The van der Waals surface area contributed by atoms with Gasteiger partial charge in [0, 0.05) is 0 Å². The maximum Gasteiger partial charge on any atom is 0.520 e. The van der Waals surface area contributed by atoms with Crippen molar-refractivity contribution in [2.45, 2.75) is 12.3 Å². The zero-order chi connectivity index (χ0) is 10.6. The Bertz CT molecular complexity index is 328. The highest BCUT2D eigenvalue weighted by atomic mass is 31.1. The van der Waals surface area contributed by atoms with Gasteiger partial charge in [-0.1, -0.05) is 27.4 Å². The van der Waals surface area contributed by atoms with Crippen LogP contribution in [0.1, 0.15) is 17.9 Å². The van der Waals surface area contributed by atoms with Gasteiger partial charge in [0.2, 0.25) is 5.40 Å². The highest BCUT2D eigenvalue weighted by Crippen LogP contribution is 2.49. The monoisotopic (exact) mass is 231 g/mol. The number of phenolic OH excluding ortho intramolecular Hbond substituents is 1. The lowest BCUT2D eigenvalue weighted by atomic mass is 10.2. The number of rotatable bonds is 4. The predicted octanol–water partition coefficient (Wildman–Crippen LogP) is 3.04. The third-order valence-corrected chi connectivity index (χ3v) is 4.07. The fraction of sp³-hybridized carbons (Fsp3) is 0.333. The Labute approximate surface area is 86.6 Å². The number of benzene rings is 1. The van der Waals surface area contributed by atoms with E-state index >= 15 is 0 Å². The van der Waals surface area contributed by atoms with Gasteiger partial charge >= 0.3 is 8.03 Å². The standard InChI is InChI=1S/C9H12O3P2/c1-2-12-14(11)9(13)7-5-3-4-6-8(7)10/h3-6,9H,2,13H2,1H3/p+1/t9-/m1/s1. The molecule has 0 aromatic heterocycles. The zero-order valence-electron chi connectivity index (χ0n) is 7.88. The van der Waals surface area contributed by atoms with Gasteiger partial charge in [-0.3, -0.25) is 0 Å². The second kappa shape index (κ2) is 5.41. The molecule has 0 aliphatic rings. The molecule has 0 amide bonds. The van der Waals surface area contributed by atoms with Crippen molar-refractivity contribution in [3.05, 3.63) is 29.8 Å². The molecule has 0 saturated carbocycles. The summed E-state index contributed by atoms with van der Waals surface area (Å²) in [4.78, 5) is 0. The van der Waals surface area contributed by atoms with Crippen molar-refractivity contribution in [1.82, 2.24) is 0 Å². The van der Waals surface area contributed by atoms with Gasteiger partial charge in [-0.05, 0) is 17.6 Å². The summed E-state index contributed by atoms with van der Waals surface area (Å²) < 4.78 is 16.5. The lowest BCUT2D eigenvalue weighted by Crippen LogP contribution is -1.88. The fourth-order valence-electron chi connectivity index (χ4n) is 1.06. The number of hydrogen-bond acceptors (Lipinski definition) is 3. The Kier molecular flexibility index (Phi) is 4.47. The number of hydrogen-bond donors (Lipinski definition) is 1. The smallest absolute Gasteiger partial charge is 0.507 e. The molecule has 0 radical (unpaired) electrons. The molecule has 1 rings (SSSR count). The molecule has 2 unspecified atom stereocenters. The van der Waals surface area contributed by atoms with Gasteiger partial charge in [0.05, 0.1) is 12.2 Å². The molecule has 1 aromatic rings. The lowest BCUT2D eigenvalue weighted by molar-refractivity contribution is 0.348. The normalized spacial score (nSPS) is 13.7. The molecule has 3 atom stereocenters. The summed E-state index contributed by atoms with van der Waals surface area (Å²) in [6.07, 6.45) is 0. The third-order valence-electron chi connectivity index (χ3n) is 1.74. The van der Waals surface area contributed by atoms with Crippen LogP contribution in [0.25, 0.3) is 0 Å². The molecular weight excluding hydrogens is 218 g/mol. The van der Waals surface area contributed by atoms with Crippen LogP contribution in [0.4, 0.5) is 0 Å². The first-order chi connectivity index (χ1) is 6.66. The summed E-state index contributed by atoms with van der Waals surface area (Å²) in [5.74, 6) is 0.149. The Morgan fingerprint density at radius 1 is 1.57 bits per heavy atom. The van der Waals surface area contributed by atoms with Crippen LogP contribution < -0.4 is 0 Å². The summed E-state index contributed by atoms with van der Waals surface area (Å²) in [5.41, 5.74) is 0.632. The first kappa shape index (κ1) is 11.6. The maximum absolute atomic E-state index is 11.5. The molecule has 1 N–H and O–H groups in total. The van der Waals surface area contributed by atoms with Crippen molar-refractivity contribution < 1.29 is 14.2 Å². The van der Waals surface area contributed by atoms with E-state index in [9.17, 15) is 9.67 Å². The molecule has 0 fully saturated rings. The van der Waals surface area contributed by atoms with Crippen LogP contribution in [-0.4, -0.2) is 11.7 Å². The minimum absolute atomic E-state index is 0.149. The molecular formula is C9H13O3P2+. The summed E-state index contributed by atoms with van der Waals surface area (Å²) in [6, 6.07) is 6.83. The summed E-state index contributed by atoms with van der Waals surface area (Å²) in [6.45, 7) is 2.20. The Morgan fingerprint density at radius 2 is 2.21 bits per heavy atom. The minimum atomic E-state index is -1.78. The lowest BCUT2D eigenvalue weighted by Gasteiger charge is -2.02. The fourth-order valence-corrected chi connectivity index (χ4v) is 2.46. The van der Waals surface area contributed by atoms with Gasteiger partial charge in [-0.25, -0.2) is 0 Å².